The van der Waals surface area contributed by atoms with Gasteiger partial charge in [0.1, 0.15) is 34.9 Å². The molecule has 0 aliphatic rings. The van der Waals surface area contributed by atoms with Crippen molar-refractivity contribution < 1.29 is 0 Å². The molecule has 0 atom stereocenters. The molecule has 1 aromatic heterocycles. The van der Waals surface area contributed by atoms with Crippen LogP contribution in [0.1, 0.15) is 5.56 Å². The zero-order valence-electron chi connectivity index (χ0n) is 9.80. The number of nitrogens with zero attached hydrogens (tertiary/aromatic N) is 5. The van der Waals surface area contributed by atoms with Gasteiger partial charge < -0.3 is 5.32 Å². The molecule has 7 heteroatoms. The molecular weight excluding hydrogens is 260 g/mol. The lowest BCUT2D eigenvalue weighted by Crippen LogP contribution is -2.02. The minimum atomic E-state index is -0.251. The van der Waals surface area contributed by atoms with Crippen molar-refractivity contribution in [3.8, 4) is 18.2 Å². The predicted octanol–water partition coefficient (Wildman–Crippen LogP) is 2.24. The van der Waals surface area contributed by atoms with Crippen LogP contribution in [-0.4, -0.2) is 8.75 Å². The Labute approximate surface area is 113 Å². The number of anilines is 1. The second-order valence-electron chi connectivity index (χ2n) is 3.63. The van der Waals surface area contributed by atoms with Crippen LogP contribution in [0.3, 0.4) is 0 Å². The molecule has 6 nitrogen and oxygen atoms in total. The summed E-state index contributed by atoms with van der Waals surface area (Å²) in [5.74, 6) is 0. The molecule has 0 fully saturated rings. The van der Waals surface area contributed by atoms with Crippen LogP contribution in [0.15, 0.2) is 23.4 Å². The highest BCUT2D eigenvalue weighted by Crippen LogP contribution is 2.23. The van der Waals surface area contributed by atoms with E-state index in [4.69, 9.17) is 15.8 Å². The average molecular weight is 266 g/mol. The van der Waals surface area contributed by atoms with Crippen LogP contribution in [0.2, 0.25) is 0 Å². The Morgan fingerprint density at radius 3 is 2.32 bits per heavy atom. The first kappa shape index (κ1) is 12.5. The maximum absolute atomic E-state index is 8.99. The van der Waals surface area contributed by atoms with E-state index in [0.717, 1.165) is 22.8 Å². The van der Waals surface area contributed by atoms with Crippen molar-refractivity contribution in [1.82, 2.24) is 8.75 Å². The minimum absolute atomic E-state index is 0.0735. The van der Waals surface area contributed by atoms with E-state index in [1.165, 1.54) is 0 Å². The van der Waals surface area contributed by atoms with Gasteiger partial charge in [0, 0.05) is 5.69 Å². The Balaban J connectivity index is 2.50. The van der Waals surface area contributed by atoms with Crippen molar-refractivity contribution in [2.45, 2.75) is 6.92 Å². The smallest absolute Gasteiger partial charge is 0.163 e. The van der Waals surface area contributed by atoms with Gasteiger partial charge >= 0.3 is 0 Å². The van der Waals surface area contributed by atoms with E-state index in [1.54, 1.807) is 18.2 Å². The highest BCUT2D eigenvalue weighted by Gasteiger charge is 2.09. The molecule has 0 bridgehead atoms. The molecule has 0 spiro atoms. The molecule has 2 rings (SSSR count). The highest BCUT2D eigenvalue weighted by atomic mass is 32.1. The first-order chi connectivity index (χ1) is 9.19. The SMILES string of the molecule is Cc1cc2nsnc2cc1NC(C#N)=C(C#N)C#N. The van der Waals surface area contributed by atoms with Crippen molar-refractivity contribution in [2.24, 2.45) is 0 Å². The normalized spacial score (nSPS) is 9.16. The first-order valence-electron chi connectivity index (χ1n) is 5.14. The van der Waals surface area contributed by atoms with Crippen molar-refractivity contribution in [3.05, 3.63) is 29.0 Å². The van der Waals surface area contributed by atoms with Crippen LogP contribution >= 0.6 is 11.7 Å². The number of hydrogen-bond donors (Lipinski definition) is 1. The Bertz CT molecular complexity index is 780. The molecule has 0 unspecified atom stereocenters. The third-order valence-electron chi connectivity index (χ3n) is 2.44. The summed E-state index contributed by atoms with van der Waals surface area (Å²) in [4.78, 5) is 0. The molecule has 0 saturated carbocycles. The highest BCUT2D eigenvalue weighted by molar-refractivity contribution is 7.00. The quantitative estimate of drug-likeness (QED) is 0.835. The van der Waals surface area contributed by atoms with Gasteiger partial charge in [-0.05, 0) is 24.6 Å². The van der Waals surface area contributed by atoms with Crippen LogP contribution in [0.25, 0.3) is 11.0 Å². The summed E-state index contributed by atoms with van der Waals surface area (Å²) < 4.78 is 8.21. The monoisotopic (exact) mass is 266 g/mol. The molecule has 0 amide bonds. The molecular formula is C12H6N6S. The van der Waals surface area contributed by atoms with Gasteiger partial charge in [0.15, 0.2) is 5.57 Å². The number of aromatic nitrogens is 2. The Kier molecular flexibility index (Phi) is 3.38. The molecule has 0 saturated heterocycles. The van der Waals surface area contributed by atoms with Gasteiger partial charge in [0.2, 0.25) is 0 Å². The average Bonchev–Trinajstić information content (AvgIpc) is 2.85. The lowest BCUT2D eigenvalue weighted by molar-refractivity contribution is 1.35. The summed E-state index contributed by atoms with van der Waals surface area (Å²) in [5.41, 5.74) is 2.62. The summed E-state index contributed by atoms with van der Waals surface area (Å²) >= 11 is 1.10. The summed E-state index contributed by atoms with van der Waals surface area (Å²) in [5, 5.41) is 29.3. The molecule has 1 N–H and O–H groups in total. The molecule has 2 aromatic rings. The van der Waals surface area contributed by atoms with Crippen molar-refractivity contribution in [3.63, 3.8) is 0 Å². The third kappa shape index (κ3) is 2.35. The fourth-order valence-corrected chi connectivity index (χ4v) is 2.00. The van der Waals surface area contributed by atoms with E-state index in [0.29, 0.717) is 11.2 Å². The first-order valence-corrected chi connectivity index (χ1v) is 5.87. The van der Waals surface area contributed by atoms with Crippen molar-refractivity contribution in [1.29, 1.82) is 15.8 Å². The second kappa shape index (κ2) is 5.14. The lowest BCUT2D eigenvalue weighted by Gasteiger charge is -2.07. The molecule has 0 aliphatic carbocycles. The van der Waals surface area contributed by atoms with Crippen molar-refractivity contribution in [2.75, 3.05) is 5.32 Å². The van der Waals surface area contributed by atoms with Crippen LogP contribution in [0.5, 0.6) is 0 Å². The molecule has 0 aliphatic heterocycles. The summed E-state index contributed by atoms with van der Waals surface area (Å²) in [6, 6.07) is 8.74. The molecule has 19 heavy (non-hydrogen) atoms. The minimum Gasteiger partial charge on any atom is -0.345 e. The van der Waals surface area contributed by atoms with Gasteiger partial charge in [-0.3, -0.25) is 0 Å². The van der Waals surface area contributed by atoms with Gasteiger partial charge in [-0.25, -0.2) is 0 Å². The van der Waals surface area contributed by atoms with E-state index >= 15 is 0 Å². The van der Waals surface area contributed by atoms with E-state index in [9.17, 15) is 0 Å². The zero-order chi connectivity index (χ0) is 13.8. The van der Waals surface area contributed by atoms with Crippen LogP contribution in [0.4, 0.5) is 5.69 Å². The van der Waals surface area contributed by atoms with E-state index in [-0.39, 0.29) is 11.3 Å². The third-order valence-corrected chi connectivity index (χ3v) is 3.00. The Hall–Kier alpha value is -2.95. The topological polar surface area (TPSA) is 109 Å². The fourth-order valence-electron chi connectivity index (χ4n) is 1.49. The second-order valence-corrected chi connectivity index (χ2v) is 4.16. The van der Waals surface area contributed by atoms with E-state index in [2.05, 4.69) is 14.1 Å². The zero-order valence-corrected chi connectivity index (χ0v) is 10.6. The van der Waals surface area contributed by atoms with Gasteiger partial charge in [0.05, 0.1) is 11.7 Å². The van der Waals surface area contributed by atoms with Crippen LogP contribution in [0, 0.1) is 40.9 Å². The molecule has 1 heterocycles. The van der Waals surface area contributed by atoms with Gasteiger partial charge in [0.25, 0.3) is 0 Å². The van der Waals surface area contributed by atoms with Crippen molar-refractivity contribution >= 4 is 28.4 Å². The molecule has 1 aromatic carbocycles. The predicted molar refractivity (Wildman–Crippen MR) is 69.6 cm³/mol. The largest absolute Gasteiger partial charge is 0.345 e. The number of nitriles is 3. The van der Waals surface area contributed by atoms with Gasteiger partial charge in [-0.2, -0.15) is 24.5 Å². The number of allylic oxidation sites excluding steroid dienone is 2. The number of fused-ring (bicyclic) bond motifs is 1. The van der Waals surface area contributed by atoms with E-state index in [1.807, 2.05) is 19.1 Å². The summed E-state index contributed by atoms with van der Waals surface area (Å²) in [6.45, 7) is 1.84. The number of benzene rings is 1. The number of rotatable bonds is 2. The molecule has 90 valence electrons. The molecule has 0 radical (unpaired) electrons. The maximum Gasteiger partial charge on any atom is 0.163 e. The van der Waals surface area contributed by atoms with Gasteiger partial charge in [-0.15, -0.1) is 0 Å². The summed E-state index contributed by atoms with van der Waals surface area (Å²) in [6.07, 6.45) is 0. The lowest BCUT2D eigenvalue weighted by atomic mass is 10.1. The summed E-state index contributed by atoms with van der Waals surface area (Å²) in [7, 11) is 0. The Morgan fingerprint density at radius 2 is 1.74 bits per heavy atom. The van der Waals surface area contributed by atoms with Crippen LogP contribution < -0.4 is 5.32 Å². The number of hydrogen-bond acceptors (Lipinski definition) is 7. The maximum atomic E-state index is 8.99. The Morgan fingerprint density at radius 1 is 1.11 bits per heavy atom. The number of nitrogens with one attached hydrogen (secondary N) is 1. The van der Waals surface area contributed by atoms with Crippen LogP contribution in [-0.2, 0) is 0 Å². The number of aryl methyl sites for hydroxylation is 1. The fraction of sp³-hybridized carbons (Fsp3) is 0.0833. The van der Waals surface area contributed by atoms with E-state index < -0.39 is 0 Å². The van der Waals surface area contributed by atoms with Gasteiger partial charge in [-0.1, -0.05) is 0 Å². The standard InChI is InChI=1S/C12H6N6S/c1-7-2-10-11(18-19-17-10)3-9(7)16-12(6-15)8(4-13)5-14/h2-3,16H,1H3.